The minimum atomic E-state index is -1.19. The number of carboxylic acids is 1. The summed E-state index contributed by atoms with van der Waals surface area (Å²) < 4.78 is 5.60. The number of H-pyrrole nitrogens is 1. The third-order valence-electron chi connectivity index (χ3n) is 4.47. The monoisotopic (exact) mass is 367 g/mol. The lowest BCUT2D eigenvalue weighted by atomic mass is 10.1. The van der Waals surface area contributed by atoms with Crippen molar-refractivity contribution < 1.29 is 19.1 Å². The second-order valence-electron chi connectivity index (χ2n) is 6.52. The molecule has 0 aliphatic heterocycles. The molecule has 3 aromatic rings. The highest BCUT2D eigenvalue weighted by Crippen LogP contribution is 2.32. The maximum atomic E-state index is 12.3. The van der Waals surface area contributed by atoms with Gasteiger partial charge in [-0.2, -0.15) is 5.10 Å². The Morgan fingerprint density at radius 2 is 2.11 bits per heavy atom. The summed E-state index contributed by atoms with van der Waals surface area (Å²) in [6.07, 6.45) is 3.67. The number of nitrogens with zero attached hydrogens (tertiary/aromatic N) is 3. The van der Waals surface area contributed by atoms with E-state index in [1.165, 1.54) is 6.20 Å². The van der Waals surface area contributed by atoms with Gasteiger partial charge in [0.05, 0.1) is 6.20 Å². The number of carboxylic acid groups (broad SMARTS) is 1. The van der Waals surface area contributed by atoms with Gasteiger partial charge in [-0.15, -0.1) is 0 Å². The fourth-order valence-corrected chi connectivity index (χ4v) is 2.78. The summed E-state index contributed by atoms with van der Waals surface area (Å²) in [4.78, 5) is 31.3. The zero-order valence-electron chi connectivity index (χ0n) is 14.5. The van der Waals surface area contributed by atoms with Crippen LogP contribution in [0.25, 0.3) is 22.8 Å². The van der Waals surface area contributed by atoms with Crippen molar-refractivity contribution in [1.29, 1.82) is 0 Å². The van der Waals surface area contributed by atoms with Gasteiger partial charge in [-0.3, -0.25) is 9.89 Å². The summed E-state index contributed by atoms with van der Waals surface area (Å²) in [7, 11) is 0. The first-order valence-electron chi connectivity index (χ1n) is 8.54. The zero-order chi connectivity index (χ0) is 19.0. The van der Waals surface area contributed by atoms with Gasteiger partial charge in [0.15, 0.2) is 5.82 Å². The van der Waals surface area contributed by atoms with Gasteiger partial charge < -0.3 is 14.8 Å². The summed E-state index contributed by atoms with van der Waals surface area (Å²) in [6, 6.07) is 7.10. The number of aromatic nitrogens is 4. The third kappa shape index (κ3) is 3.57. The number of hydrogen-bond donors (Lipinski definition) is 3. The molecule has 0 saturated heterocycles. The number of benzene rings is 1. The Morgan fingerprint density at radius 3 is 2.81 bits per heavy atom. The minimum absolute atomic E-state index is 0.114. The van der Waals surface area contributed by atoms with Crippen molar-refractivity contribution in [3.63, 3.8) is 0 Å². The van der Waals surface area contributed by atoms with Crippen molar-refractivity contribution in [1.82, 2.24) is 25.5 Å². The topological polar surface area (TPSA) is 134 Å². The maximum absolute atomic E-state index is 12.3. The van der Waals surface area contributed by atoms with Crippen LogP contribution in [0.1, 0.15) is 40.9 Å². The zero-order valence-corrected chi connectivity index (χ0v) is 14.5. The fourth-order valence-electron chi connectivity index (χ4n) is 2.78. The van der Waals surface area contributed by atoms with Gasteiger partial charge in [0, 0.05) is 17.2 Å². The summed E-state index contributed by atoms with van der Waals surface area (Å²) >= 11 is 0. The first-order chi connectivity index (χ1) is 13.0. The molecule has 9 heteroatoms. The van der Waals surface area contributed by atoms with Crippen LogP contribution >= 0.6 is 0 Å². The summed E-state index contributed by atoms with van der Waals surface area (Å²) in [6.45, 7) is 1.98. The Bertz CT molecular complexity index is 1000. The Balaban J connectivity index is 1.54. The molecule has 1 unspecified atom stereocenters. The van der Waals surface area contributed by atoms with E-state index in [1.807, 2.05) is 6.92 Å². The molecule has 2 heterocycles. The number of rotatable bonds is 6. The Kier molecular flexibility index (Phi) is 4.19. The van der Waals surface area contributed by atoms with Crippen LogP contribution < -0.4 is 5.32 Å². The number of hydrogen-bond acceptors (Lipinski definition) is 6. The van der Waals surface area contributed by atoms with Crippen LogP contribution in [0.5, 0.6) is 0 Å². The van der Waals surface area contributed by atoms with Gasteiger partial charge in [-0.25, -0.2) is 14.8 Å². The predicted octanol–water partition coefficient (Wildman–Crippen LogP) is 2.35. The Hall–Kier alpha value is -3.49. The number of amides is 1. The quantitative estimate of drug-likeness (QED) is 0.609. The molecule has 1 aliphatic rings. The molecule has 1 saturated carbocycles. The van der Waals surface area contributed by atoms with Gasteiger partial charge in [-0.05, 0) is 37.8 Å². The second-order valence-corrected chi connectivity index (χ2v) is 6.52. The largest absolute Gasteiger partial charge is 0.475 e. The third-order valence-corrected chi connectivity index (χ3v) is 4.47. The van der Waals surface area contributed by atoms with Crippen LogP contribution in [-0.4, -0.2) is 43.2 Å². The lowest BCUT2D eigenvalue weighted by Gasteiger charge is -2.10. The first-order valence-corrected chi connectivity index (χ1v) is 8.54. The van der Waals surface area contributed by atoms with E-state index in [2.05, 4.69) is 25.5 Å². The van der Waals surface area contributed by atoms with Crippen LogP contribution in [0.3, 0.4) is 0 Å². The molecule has 0 radical (unpaired) electrons. The van der Waals surface area contributed by atoms with Crippen LogP contribution in [0, 0.1) is 5.92 Å². The van der Waals surface area contributed by atoms with Crippen LogP contribution in [0.4, 0.5) is 0 Å². The molecule has 3 N–H and O–H groups in total. The van der Waals surface area contributed by atoms with E-state index >= 15 is 0 Å². The Morgan fingerprint density at radius 1 is 1.33 bits per heavy atom. The second kappa shape index (κ2) is 6.67. The molecule has 1 fully saturated rings. The summed E-state index contributed by atoms with van der Waals surface area (Å²) in [5.74, 6) is -0.487. The molecule has 1 amide bonds. The highest BCUT2D eigenvalue weighted by Gasteiger charge is 2.29. The van der Waals surface area contributed by atoms with Crippen molar-refractivity contribution in [2.24, 2.45) is 5.92 Å². The van der Waals surface area contributed by atoms with E-state index < -0.39 is 5.97 Å². The standard InChI is InChI=1S/C18H17N5O4/c1-9(10-5-6-10)20-16(24)13-8-19-17(27-13)12-4-2-3-11(7-12)14-21-15(18(25)26)23-22-14/h2-4,7-10H,5-6H2,1H3,(H,20,24)(H,25,26)(H,21,22,23). The van der Waals surface area contributed by atoms with Gasteiger partial charge >= 0.3 is 5.97 Å². The van der Waals surface area contributed by atoms with Gasteiger partial charge in [-0.1, -0.05) is 12.1 Å². The van der Waals surface area contributed by atoms with E-state index in [9.17, 15) is 9.59 Å². The van der Waals surface area contributed by atoms with Crippen LogP contribution in [0.15, 0.2) is 34.9 Å². The highest BCUT2D eigenvalue weighted by atomic mass is 16.4. The predicted molar refractivity (Wildman–Crippen MR) is 93.9 cm³/mol. The van der Waals surface area contributed by atoms with Crippen molar-refractivity contribution in [3.05, 3.63) is 42.0 Å². The molecule has 0 bridgehead atoms. The fraction of sp³-hybridized carbons (Fsp3) is 0.278. The molecule has 1 aromatic carbocycles. The number of aromatic amines is 1. The van der Waals surface area contributed by atoms with E-state index in [-0.39, 0.29) is 35.2 Å². The van der Waals surface area contributed by atoms with Crippen molar-refractivity contribution >= 4 is 11.9 Å². The number of carbonyl (C=O) groups excluding carboxylic acids is 1. The molecule has 4 rings (SSSR count). The maximum Gasteiger partial charge on any atom is 0.373 e. The average molecular weight is 367 g/mol. The smallest absolute Gasteiger partial charge is 0.373 e. The van der Waals surface area contributed by atoms with Gasteiger partial charge in [0.1, 0.15) is 0 Å². The first kappa shape index (κ1) is 17.0. The lowest BCUT2D eigenvalue weighted by Crippen LogP contribution is -2.33. The molecule has 138 valence electrons. The highest BCUT2D eigenvalue weighted by molar-refractivity contribution is 5.91. The molecule has 27 heavy (non-hydrogen) atoms. The van der Waals surface area contributed by atoms with Crippen LogP contribution in [0.2, 0.25) is 0 Å². The molecule has 0 spiro atoms. The molecule has 2 aromatic heterocycles. The van der Waals surface area contributed by atoms with Gasteiger partial charge in [0.2, 0.25) is 17.5 Å². The summed E-state index contributed by atoms with van der Waals surface area (Å²) in [5, 5.41) is 18.1. The summed E-state index contributed by atoms with van der Waals surface area (Å²) in [5.41, 5.74) is 1.23. The average Bonchev–Trinajstić information content (AvgIpc) is 3.20. The number of carbonyl (C=O) groups is 2. The number of oxazole rings is 1. The van der Waals surface area contributed by atoms with Crippen molar-refractivity contribution in [2.45, 2.75) is 25.8 Å². The lowest BCUT2D eigenvalue weighted by molar-refractivity contribution is 0.0683. The number of aromatic carboxylic acids is 1. The van der Waals surface area contributed by atoms with E-state index in [0.717, 1.165) is 12.8 Å². The van der Waals surface area contributed by atoms with Crippen molar-refractivity contribution in [2.75, 3.05) is 0 Å². The Labute approximate surface area is 153 Å². The van der Waals surface area contributed by atoms with Gasteiger partial charge in [0.25, 0.3) is 5.91 Å². The number of nitrogens with one attached hydrogen (secondary N) is 2. The molecule has 9 nitrogen and oxygen atoms in total. The molecule has 1 aliphatic carbocycles. The van der Waals surface area contributed by atoms with E-state index in [1.54, 1.807) is 24.3 Å². The normalized spacial score (nSPS) is 14.7. The van der Waals surface area contributed by atoms with Crippen LogP contribution in [-0.2, 0) is 0 Å². The molecular formula is C18H17N5O4. The van der Waals surface area contributed by atoms with E-state index in [4.69, 9.17) is 9.52 Å². The van der Waals surface area contributed by atoms with E-state index in [0.29, 0.717) is 17.0 Å². The molecule has 1 atom stereocenters. The van der Waals surface area contributed by atoms with Crippen molar-refractivity contribution in [3.8, 4) is 22.8 Å². The SMILES string of the molecule is CC(NC(=O)c1cnc(-c2cccc(-c3n[nH]c(C(=O)O)n3)c2)o1)C1CC1. The minimum Gasteiger partial charge on any atom is -0.475 e. The molecular weight excluding hydrogens is 350 g/mol.